The number of carbonyl (C=O) groups excluding carboxylic acids is 1. The molecule has 0 fully saturated rings. The van der Waals surface area contributed by atoms with Crippen LogP contribution in [-0.4, -0.2) is 22.0 Å². The van der Waals surface area contributed by atoms with Crippen LogP contribution in [-0.2, 0) is 0 Å². The van der Waals surface area contributed by atoms with Crippen LogP contribution in [0.2, 0.25) is 0 Å². The summed E-state index contributed by atoms with van der Waals surface area (Å²) in [5.41, 5.74) is 3.23. The first-order valence-corrected chi connectivity index (χ1v) is 12.7. The fraction of sp³-hybridized carbons (Fsp3) is 0. The molecule has 7 nitrogen and oxygen atoms in total. The zero-order chi connectivity index (χ0) is 24.4. The lowest BCUT2D eigenvalue weighted by Crippen LogP contribution is -2.25. The number of rotatable bonds is 6. The standard InChI is InChI=1S/C25H15BrN4O3S2/c26-19-10-12-21-22(14-19)35-25(28-21)29(27-15-20-11-13-23(34-20)30(32)33)24(31)18-8-6-17(7-9-18)16-4-2-1-3-5-16/h1-15H/b27-15+. The average molecular weight is 563 g/mol. The van der Waals surface area contributed by atoms with Crippen LogP contribution in [0.3, 0.4) is 0 Å². The molecule has 0 N–H and O–H groups in total. The summed E-state index contributed by atoms with van der Waals surface area (Å²) < 4.78 is 1.80. The third-order valence-corrected chi connectivity index (χ3v) is 7.50. The normalized spacial score (nSPS) is 11.2. The van der Waals surface area contributed by atoms with Crippen molar-refractivity contribution in [3.8, 4) is 11.1 Å². The zero-order valence-corrected chi connectivity index (χ0v) is 21.1. The van der Waals surface area contributed by atoms with E-state index in [1.54, 1.807) is 18.2 Å². The van der Waals surface area contributed by atoms with Crippen molar-refractivity contribution in [1.82, 2.24) is 4.98 Å². The molecule has 0 saturated carbocycles. The summed E-state index contributed by atoms with van der Waals surface area (Å²) in [6, 6.07) is 25.9. The molecule has 172 valence electrons. The smallest absolute Gasteiger partial charge is 0.267 e. The van der Waals surface area contributed by atoms with Gasteiger partial charge in [0.15, 0.2) is 0 Å². The van der Waals surface area contributed by atoms with Gasteiger partial charge in [0.25, 0.3) is 5.91 Å². The number of thiazole rings is 1. The number of aromatic nitrogens is 1. The number of anilines is 1. The predicted molar refractivity (Wildman–Crippen MR) is 145 cm³/mol. The summed E-state index contributed by atoms with van der Waals surface area (Å²) in [6.45, 7) is 0. The van der Waals surface area contributed by atoms with Crippen molar-refractivity contribution in [1.29, 1.82) is 0 Å². The molecule has 3 aromatic carbocycles. The van der Waals surface area contributed by atoms with Gasteiger partial charge in [-0.15, -0.1) is 0 Å². The van der Waals surface area contributed by atoms with Crippen molar-refractivity contribution in [3.05, 3.63) is 110 Å². The maximum Gasteiger partial charge on any atom is 0.324 e. The number of nitrogens with zero attached hydrogens (tertiary/aromatic N) is 4. The Labute approximate surface area is 216 Å². The summed E-state index contributed by atoms with van der Waals surface area (Å²) in [6.07, 6.45) is 1.44. The summed E-state index contributed by atoms with van der Waals surface area (Å²) >= 11 is 5.78. The van der Waals surface area contributed by atoms with Gasteiger partial charge in [0.2, 0.25) is 5.13 Å². The lowest BCUT2D eigenvalue weighted by atomic mass is 10.0. The molecule has 0 aliphatic heterocycles. The number of hydrogen-bond donors (Lipinski definition) is 0. The SMILES string of the molecule is O=C(c1ccc(-c2ccccc2)cc1)N(/N=C/c1ccc([N+](=O)[O-])s1)c1nc2ccc(Br)cc2s1. The lowest BCUT2D eigenvalue weighted by Gasteiger charge is -2.14. The Morgan fingerprint density at radius 1 is 0.971 bits per heavy atom. The number of carbonyl (C=O) groups is 1. The van der Waals surface area contributed by atoms with Gasteiger partial charge in [0.1, 0.15) is 0 Å². The molecule has 0 spiro atoms. The van der Waals surface area contributed by atoms with Gasteiger partial charge in [-0.1, -0.05) is 81.1 Å². The molecular formula is C25H15BrN4O3S2. The van der Waals surface area contributed by atoms with E-state index in [0.717, 1.165) is 37.2 Å². The van der Waals surface area contributed by atoms with E-state index in [9.17, 15) is 14.9 Å². The molecule has 0 unspecified atom stereocenters. The van der Waals surface area contributed by atoms with Gasteiger partial charge < -0.3 is 0 Å². The molecule has 2 heterocycles. The van der Waals surface area contributed by atoms with Gasteiger partial charge in [0.05, 0.1) is 26.2 Å². The van der Waals surface area contributed by atoms with Gasteiger partial charge >= 0.3 is 5.00 Å². The van der Waals surface area contributed by atoms with E-state index >= 15 is 0 Å². The van der Waals surface area contributed by atoms with Gasteiger partial charge in [-0.25, -0.2) is 4.98 Å². The second kappa shape index (κ2) is 9.87. The fourth-order valence-electron chi connectivity index (χ4n) is 3.35. The summed E-state index contributed by atoms with van der Waals surface area (Å²) in [4.78, 5) is 29.3. The number of amides is 1. The number of hydrazone groups is 1. The molecule has 0 saturated heterocycles. The number of thiophene rings is 1. The van der Waals surface area contributed by atoms with Gasteiger partial charge in [0, 0.05) is 16.1 Å². The second-order valence-corrected chi connectivity index (χ2v) is 10.4. The van der Waals surface area contributed by atoms with Crippen LogP contribution in [0.15, 0.2) is 94.5 Å². The largest absolute Gasteiger partial charge is 0.324 e. The first kappa shape index (κ1) is 23.0. The highest BCUT2D eigenvalue weighted by Crippen LogP contribution is 2.32. The van der Waals surface area contributed by atoms with Crippen molar-refractivity contribution in [2.45, 2.75) is 0 Å². The topological polar surface area (TPSA) is 88.7 Å². The van der Waals surface area contributed by atoms with Crippen LogP contribution in [0.1, 0.15) is 15.2 Å². The molecule has 2 aromatic heterocycles. The number of fused-ring (bicyclic) bond motifs is 1. The van der Waals surface area contributed by atoms with Crippen molar-refractivity contribution in [2.75, 3.05) is 5.01 Å². The monoisotopic (exact) mass is 562 g/mol. The molecule has 0 aliphatic carbocycles. The first-order valence-electron chi connectivity index (χ1n) is 10.3. The number of halogens is 1. The zero-order valence-electron chi connectivity index (χ0n) is 17.9. The highest BCUT2D eigenvalue weighted by Gasteiger charge is 2.21. The Kier molecular flexibility index (Phi) is 6.49. The highest BCUT2D eigenvalue weighted by molar-refractivity contribution is 9.10. The van der Waals surface area contributed by atoms with Crippen LogP contribution in [0.25, 0.3) is 21.3 Å². The van der Waals surface area contributed by atoms with Gasteiger partial charge in [-0.05, 0) is 47.5 Å². The summed E-state index contributed by atoms with van der Waals surface area (Å²) in [7, 11) is 0. The molecule has 1 amide bonds. The highest BCUT2D eigenvalue weighted by atomic mass is 79.9. The quantitative estimate of drug-likeness (QED) is 0.123. The van der Waals surface area contributed by atoms with Crippen molar-refractivity contribution in [3.63, 3.8) is 0 Å². The molecule has 0 aliphatic rings. The predicted octanol–water partition coefficient (Wildman–Crippen LogP) is 7.38. The molecular weight excluding hydrogens is 548 g/mol. The first-order chi connectivity index (χ1) is 17.0. The van der Waals surface area contributed by atoms with E-state index in [2.05, 4.69) is 26.0 Å². The third kappa shape index (κ3) is 5.04. The average Bonchev–Trinajstić information content (AvgIpc) is 3.52. The van der Waals surface area contributed by atoms with Gasteiger partial charge in [-0.3, -0.25) is 14.9 Å². The molecule has 5 aromatic rings. The van der Waals surface area contributed by atoms with Crippen molar-refractivity contribution >= 4 is 71.1 Å². The fourth-order valence-corrected chi connectivity index (χ4v) is 5.51. The van der Waals surface area contributed by atoms with Crippen LogP contribution in [0.5, 0.6) is 0 Å². The summed E-state index contributed by atoms with van der Waals surface area (Å²) in [5, 5.41) is 17.1. The number of hydrogen-bond acceptors (Lipinski definition) is 7. The van der Waals surface area contributed by atoms with E-state index in [0.29, 0.717) is 15.6 Å². The lowest BCUT2D eigenvalue weighted by molar-refractivity contribution is -0.380. The Balaban J connectivity index is 1.50. The molecule has 0 bridgehead atoms. The maximum absolute atomic E-state index is 13.5. The molecule has 0 atom stereocenters. The molecule has 0 radical (unpaired) electrons. The van der Waals surface area contributed by atoms with Gasteiger partial charge in [-0.2, -0.15) is 10.1 Å². The Morgan fingerprint density at radius 2 is 1.71 bits per heavy atom. The van der Waals surface area contributed by atoms with Crippen LogP contribution < -0.4 is 5.01 Å². The second-order valence-electron chi connectivity index (χ2n) is 7.35. The molecule has 35 heavy (non-hydrogen) atoms. The van der Waals surface area contributed by atoms with Crippen LogP contribution >= 0.6 is 38.6 Å². The number of nitro groups is 1. The minimum absolute atomic E-state index is 0.00524. The van der Waals surface area contributed by atoms with Crippen LogP contribution in [0, 0.1) is 10.1 Å². The number of benzene rings is 3. The maximum atomic E-state index is 13.5. The van der Waals surface area contributed by atoms with E-state index in [1.165, 1.54) is 28.6 Å². The Bertz CT molecular complexity index is 1560. The van der Waals surface area contributed by atoms with Crippen molar-refractivity contribution < 1.29 is 9.72 Å². The minimum Gasteiger partial charge on any atom is -0.267 e. The summed E-state index contributed by atoms with van der Waals surface area (Å²) in [5.74, 6) is -0.356. The Morgan fingerprint density at radius 3 is 2.43 bits per heavy atom. The molecule has 5 rings (SSSR count). The van der Waals surface area contributed by atoms with E-state index in [4.69, 9.17) is 0 Å². The van der Waals surface area contributed by atoms with Crippen molar-refractivity contribution in [2.24, 2.45) is 5.10 Å². The molecule has 10 heteroatoms. The van der Waals surface area contributed by atoms with Crippen LogP contribution in [0.4, 0.5) is 10.1 Å². The van der Waals surface area contributed by atoms with E-state index in [-0.39, 0.29) is 10.9 Å². The Hall–Kier alpha value is -3.73. The minimum atomic E-state index is -0.454. The third-order valence-electron chi connectivity index (χ3n) is 5.04. The van der Waals surface area contributed by atoms with E-state index < -0.39 is 4.92 Å². The van der Waals surface area contributed by atoms with E-state index in [1.807, 2.05) is 60.7 Å².